The van der Waals surface area contributed by atoms with Crippen molar-refractivity contribution < 1.29 is 14.3 Å². The van der Waals surface area contributed by atoms with E-state index in [1.165, 1.54) is 0 Å². The van der Waals surface area contributed by atoms with Gasteiger partial charge in [-0.3, -0.25) is 20.4 Å². The Morgan fingerprint density at radius 3 is 2.55 bits per heavy atom. The number of ether oxygens (including phenoxy) is 1. The summed E-state index contributed by atoms with van der Waals surface area (Å²) in [4.78, 5) is 22.8. The number of hydrogen-bond acceptors (Lipinski definition) is 3. The van der Waals surface area contributed by atoms with Gasteiger partial charge in [-0.2, -0.15) is 0 Å². The van der Waals surface area contributed by atoms with Gasteiger partial charge >= 0.3 is 0 Å². The van der Waals surface area contributed by atoms with E-state index in [9.17, 15) is 9.59 Å². The molecule has 2 N–H and O–H groups in total. The lowest BCUT2D eigenvalue weighted by Gasteiger charge is -2.09. The molecule has 0 saturated heterocycles. The predicted octanol–water partition coefficient (Wildman–Crippen LogP) is 2.45. The van der Waals surface area contributed by atoms with Gasteiger partial charge < -0.3 is 4.74 Å². The number of hydrogen-bond donors (Lipinski definition) is 2. The first kappa shape index (κ1) is 16.3. The molecule has 0 aliphatic carbocycles. The zero-order valence-corrected chi connectivity index (χ0v) is 12.2. The number of amides is 2. The van der Waals surface area contributed by atoms with Crippen LogP contribution in [-0.2, 0) is 9.59 Å². The van der Waals surface area contributed by atoms with Crippen molar-refractivity contribution in [2.45, 2.75) is 32.6 Å². The summed E-state index contributed by atoms with van der Waals surface area (Å²) in [6.45, 7) is 1.85. The van der Waals surface area contributed by atoms with E-state index in [2.05, 4.69) is 17.8 Å². The van der Waals surface area contributed by atoms with Gasteiger partial charge in [0.2, 0.25) is 5.91 Å². The summed E-state index contributed by atoms with van der Waals surface area (Å²) < 4.78 is 5.23. The highest BCUT2D eigenvalue weighted by Gasteiger charge is 2.06. The van der Waals surface area contributed by atoms with Crippen LogP contribution in [0.2, 0.25) is 5.02 Å². The van der Waals surface area contributed by atoms with Crippen molar-refractivity contribution >= 4 is 23.4 Å². The molecular formula is C14H19ClN2O3. The second-order valence-electron chi connectivity index (χ2n) is 4.27. The second-order valence-corrected chi connectivity index (χ2v) is 4.68. The molecule has 1 rings (SSSR count). The van der Waals surface area contributed by atoms with Crippen LogP contribution in [0.3, 0.4) is 0 Å². The summed E-state index contributed by atoms with van der Waals surface area (Å²) in [5, 5.41) is 0.434. The molecule has 0 bridgehead atoms. The monoisotopic (exact) mass is 298 g/mol. The maximum Gasteiger partial charge on any atom is 0.276 e. The Kier molecular flexibility index (Phi) is 7.50. The van der Waals surface area contributed by atoms with E-state index in [1.54, 1.807) is 24.3 Å². The number of carbonyl (C=O) groups excluding carboxylic acids is 2. The maximum atomic E-state index is 11.5. The van der Waals surface area contributed by atoms with Gasteiger partial charge in [0.1, 0.15) is 5.75 Å². The van der Waals surface area contributed by atoms with E-state index in [0.29, 0.717) is 17.2 Å². The Bertz CT molecular complexity index is 452. The molecule has 0 spiro atoms. The first-order valence-electron chi connectivity index (χ1n) is 6.58. The van der Waals surface area contributed by atoms with Crippen LogP contribution in [-0.4, -0.2) is 18.4 Å². The zero-order valence-electron chi connectivity index (χ0n) is 11.4. The molecule has 1 aromatic rings. The van der Waals surface area contributed by atoms with Crippen molar-refractivity contribution in [3.8, 4) is 5.75 Å². The van der Waals surface area contributed by atoms with Crippen LogP contribution < -0.4 is 15.6 Å². The molecule has 0 radical (unpaired) electrons. The summed E-state index contributed by atoms with van der Waals surface area (Å²) in [5.74, 6) is -0.211. The standard InChI is InChI=1S/C14H19ClN2O3/c1-2-3-4-9-13(18)16-17-14(19)10-20-12-8-6-5-7-11(12)15/h5-8H,2-4,9-10H2,1H3,(H,16,18)(H,17,19). The fourth-order valence-electron chi connectivity index (χ4n) is 1.48. The van der Waals surface area contributed by atoms with Crippen LogP contribution in [0.15, 0.2) is 24.3 Å². The van der Waals surface area contributed by atoms with Gasteiger partial charge in [0.05, 0.1) is 5.02 Å². The molecule has 5 nitrogen and oxygen atoms in total. The van der Waals surface area contributed by atoms with Crippen LogP contribution in [0.1, 0.15) is 32.6 Å². The van der Waals surface area contributed by atoms with Crippen LogP contribution in [0.4, 0.5) is 0 Å². The summed E-state index contributed by atoms with van der Waals surface area (Å²) in [6.07, 6.45) is 3.26. The average molecular weight is 299 g/mol. The molecule has 0 unspecified atom stereocenters. The Hall–Kier alpha value is -1.75. The van der Waals surface area contributed by atoms with Crippen LogP contribution in [0.5, 0.6) is 5.75 Å². The molecule has 1 aromatic carbocycles. The Morgan fingerprint density at radius 2 is 1.85 bits per heavy atom. The lowest BCUT2D eigenvalue weighted by molar-refractivity contribution is -0.130. The molecule has 0 saturated carbocycles. The first-order valence-corrected chi connectivity index (χ1v) is 6.96. The molecule has 0 heterocycles. The quantitative estimate of drug-likeness (QED) is 0.600. The van der Waals surface area contributed by atoms with E-state index >= 15 is 0 Å². The number of hydrazine groups is 1. The zero-order chi connectivity index (χ0) is 14.8. The van der Waals surface area contributed by atoms with Crippen molar-refractivity contribution in [2.75, 3.05) is 6.61 Å². The Balaban J connectivity index is 2.21. The Morgan fingerprint density at radius 1 is 1.15 bits per heavy atom. The van der Waals surface area contributed by atoms with E-state index in [0.717, 1.165) is 19.3 Å². The van der Waals surface area contributed by atoms with E-state index in [1.807, 2.05) is 0 Å². The first-order chi connectivity index (χ1) is 9.63. The van der Waals surface area contributed by atoms with Crippen LogP contribution >= 0.6 is 11.6 Å². The molecule has 0 aromatic heterocycles. The third kappa shape index (κ3) is 6.43. The lowest BCUT2D eigenvalue weighted by Crippen LogP contribution is -2.43. The van der Waals surface area contributed by atoms with Gasteiger partial charge in [-0.1, -0.05) is 43.5 Å². The minimum absolute atomic E-state index is 0.204. The van der Waals surface area contributed by atoms with Crippen LogP contribution in [0, 0.1) is 0 Å². The van der Waals surface area contributed by atoms with Gasteiger partial charge in [0.15, 0.2) is 6.61 Å². The smallest absolute Gasteiger partial charge is 0.276 e. The SMILES string of the molecule is CCCCCC(=O)NNC(=O)COc1ccccc1Cl. The fourth-order valence-corrected chi connectivity index (χ4v) is 1.67. The lowest BCUT2D eigenvalue weighted by atomic mass is 10.2. The highest BCUT2D eigenvalue weighted by molar-refractivity contribution is 6.32. The van der Waals surface area contributed by atoms with Crippen molar-refractivity contribution in [1.29, 1.82) is 0 Å². The van der Waals surface area contributed by atoms with Crippen molar-refractivity contribution in [3.05, 3.63) is 29.3 Å². The second kappa shape index (κ2) is 9.20. The molecule has 0 aliphatic heterocycles. The highest BCUT2D eigenvalue weighted by atomic mass is 35.5. The third-order valence-corrected chi connectivity index (χ3v) is 2.86. The van der Waals surface area contributed by atoms with Crippen molar-refractivity contribution in [3.63, 3.8) is 0 Å². The summed E-state index contributed by atoms with van der Waals surface area (Å²) in [7, 11) is 0. The average Bonchev–Trinajstić information content (AvgIpc) is 2.44. The molecule has 6 heteroatoms. The predicted molar refractivity (Wildman–Crippen MR) is 77.4 cm³/mol. The number of carbonyl (C=O) groups is 2. The van der Waals surface area contributed by atoms with E-state index in [4.69, 9.17) is 16.3 Å². The molecule has 2 amide bonds. The van der Waals surface area contributed by atoms with Crippen molar-refractivity contribution in [2.24, 2.45) is 0 Å². The summed E-state index contributed by atoms with van der Waals surface area (Å²) >= 11 is 5.88. The molecule has 0 atom stereocenters. The van der Waals surface area contributed by atoms with Gasteiger partial charge in [0, 0.05) is 6.42 Å². The molecule has 0 aliphatic rings. The number of halogens is 1. The fraction of sp³-hybridized carbons (Fsp3) is 0.429. The number of nitrogens with one attached hydrogen (secondary N) is 2. The third-order valence-electron chi connectivity index (χ3n) is 2.54. The number of rotatable bonds is 7. The van der Waals surface area contributed by atoms with Crippen molar-refractivity contribution in [1.82, 2.24) is 10.9 Å². The number of para-hydroxylation sites is 1. The minimum atomic E-state index is -0.436. The van der Waals surface area contributed by atoms with Gasteiger partial charge in [-0.05, 0) is 18.6 Å². The van der Waals surface area contributed by atoms with E-state index in [-0.39, 0.29) is 12.5 Å². The van der Waals surface area contributed by atoms with Gasteiger partial charge in [-0.15, -0.1) is 0 Å². The summed E-state index contributed by atoms with van der Waals surface area (Å²) in [6, 6.07) is 6.86. The van der Waals surface area contributed by atoms with Gasteiger partial charge in [-0.25, -0.2) is 0 Å². The molecule has 110 valence electrons. The summed E-state index contributed by atoms with van der Waals surface area (Å²) in [5.41, 5.74) is 4.63. The van der Waals surface area contributed by atoms with E-state index < -0.39 is 5.91 Å². The van der Waals surface area contributed by atoms with Crippen LogP contribution in [0.25, 0.3) is 0 Å². The molecule has 0 fully saturated rings. The number of benzene rings is 1. The maximum absolute atomic E-state index is 11.5. The topological polar surface area (TPSA) is 67.4 Å². The Labute approximate surface area is 123 Å². The number of unbranched alkanes of at least 4 members (excludes halogenated alkanes) is 2. The largest absolute Gasteiger partial charge is 0.482 e. The normalized spacial score (nSPS) is 9.90. The highest BCUT2D eigenvalue weighted by Crippen LogP contribution is 2.22. The van der Waals surface area contributed by atoms with Gasteiger partial charge in [0.25, 0.3) is 5.91 Å². The molecule has 20 heavy (non-hydrogen) atoms. The molecular weight excluding hydrogens is 280 g/mol. The minimum Gasteiger partial charge on any atom is -0.482 e.